The molecular weight excluding hydrogens is 138 g/mol. The lowest BCUT2D eigenvalue weighted by atomic mass is 10.2. The molecule has 0 fully saturated rings. The van der Waals surface area contributed by atoms with Gasteiger partial charge in [-0.3, -0.25) is 5.84 Å². The Labute approximate surface area is 64.2 Å². The van der Waals surface area contributed by atoms with E-state index in [2.05, 4.69) is 10.4 Å². The molecule has 0 amide bonds. The van der Waals surface area contributed by atoms with Gasteiger partial charge in [0, 0.05) is 11.7 Å². The Morgan fingerprint density at radius 1 is 1.27 bits per heavy atom. The molecule has 0 atom stereocenters. The maximum atomic E-state index is 5.25. The van der Waals surface area contributed by atoms with Crippen molar-refractivity contribution in [2.75, 3.05) is 5.43 Å². The maximum Gasteiger partial charge on any atom is 0.0506 e. The Morgan fingerprint density at radius 2 is 2.18 bits per heavy atom. The molecule has 0 radical (unpaired) electrons. The van der Waals surface area contributed by atoms with Crippen LogP contribution < -0.4 is 11.3 Å². The lowest BCUT2D eigenvalue weighted by molar-refractivity contribution is 1.35. The van der Waals surface area contributed by atoms with Gasteiger partial charge in [0.2, 0.25) is 0 Å². The van der Waals surface area contributed by atoms with Crippen molar-refractivity contribution in [1.82, 2.24) is 4.98 Å². The summed E-state index contributed by atoms with van der Waals surface area (Å²) in [5.74, 6) is 5.25. The molecule has 0 aliphatic heterocycles. The first kappa shape index (κ1) is 6.24. The fourth-order valence-electron chi connectivity index (χ4n) is 1.14. The van der Waals surface area contributed by atoms with Crippen molar-refractivity contribution < 1.29 is 0 Å². The fourth-order valence-corrected chi connectivity index (χ4v) is 1.14. The molecule has 4 N–H and O–H groups in total. The highest BCUT2D eigenvalue weighted by Gasteiger charge is 1.93. The van der Waals surface area contributed by atoms with E-state index in [1.165, 1.54) is 5.39 Å². The molecule has 0 aliphatic carbocycles. The Bertz CT molecular complexity index is 364. The van der Waals surface area contributed by atoms with E-state index >= 15 is 0 Å². The number of anilines is 1. The second kappa shape index (κ2) is 2.29. The van der Waals surface area contributed by atoms with Crippen LogP contribution in [-0.2, 0) is 0 Å². The summed E-state index contributed by atoms with van der Waals surface area (Å²) >= 11 is 0. The van der Waals surface area contributed by atoms with Crippen LogP contribution in [0.25, 0.3) is 10.9 Å². The first-order valence-corrected chi connectivity index (χ1v) is 3.44. The molecule has 1 heterocycles. The van der Waals surface area contributed by atoms with Crippen LogP contribution in [0.4, 0.5) is 5.69 Å². The molecule has 1 aromatic heterocycles. The molecule has 2 rings (SSSR count). The number of benzene rings is 1. The molecule has 1 aromatic carbocycles. The van der Waals surface area contributed by atoms with Crippen LogP contribution in [0.5, 0.6) is 0 Å². The monoisotopic (exact) mass is 147 g/mol. The largest absolute Gasteiger partial charge is 0.361 e. The Morgan fingerprint density at radius 3 is 3.00 bits per heavy atom. The van der Waals surface area contributed by atoms with Gasteiger partial charge in [-0.25, -0.2) is 0 Å². The van der Waals surface area contributed by atoms with E-state index in [4.69, 9.17) is 5.84 Å². The summed E-state index contributed by atoms with van der Waals surface area (Å²) in [6.45, 7) is 0. The summed E-state index contributed by atoms with van der Waals surface area (Å²) in [5, 5.41) is 1.20. The highest BCUT2D eigenvalue weighted by molar-refractivity contribution is 5.82. The number of H-pyrrole nitrogens is 1. The average Bonchev–Trinajstić information content (AvgIpc) is 2.50. The second-order valence-electron chi connectivity index (χ2n) is 2.42. The van der Waals surface area contributed by atoms with Crippen LogP contribution in [0.15, 0.2) is 30.5 Å². The van der Waals surface area contributed by atoms with Gasteiger partial charge in [0.05, 0.1) is 5.69 Å². The van der Waals surface area contributed by atoms with Crippen LogP contribution in [0.3, 0.4) is 0 Å². The standard InChI is InChI=1S/C8H9N3/c9-11-7-2-1-6-3-4-10-8(6)5-7/h1-5,10-11H,9H2. The van der Waals surface area contributed by atoms with Gasteiger partial charge in [-0.05, 0) is 23.6 Å². The van der Waals surface area contributed by atoms with Crippen molar-refractivity contribution in [3.63, 3.8) is 0 Å². The van der Waals surface area contributed by atoms with Crippen molar-refractivity contribution >= 4 is 16.6 Å². The van der Waals surface area contributed by atoms with Gasteiger partial charge in [0.15, 0.2) is 0 Å². The summed E-state index contributed by atoms with van der Waals surface area (Å²) in [7, 11) is 0. The number of nitrogen functional groups attached to an aromatic ring is 1. The molecule has 0 saturated carbocycles. The van der Waals surface area contributed by atoms with Crippen molar-refractivity contribution in [1.29, 1.82) is 0 Å². The number of nitrogens with one attached hydrogen (secondary N) is 2. The molecule has 11 heavy (non-hydrogen) atoms. The maximum absolute atomic E-state index is 5.25. The third kappa shape index (κ3) is 0.951. The van der Waals surface area contributed by atoms with E-state index in [0.29, 0.717) is 0 Å². The van der Waals surface area contributed by atoms with Gasteiger partial charge in [-0.2, -0.15) is 0 Å². The molecule has 0 saturated heterocycles. The third-order valence-electron chi connectivity index (χ3n) is 1.72. The predicted octanol–water partition coefficient (Wildman–Crippen LogP) is 1.45. The molecule has 0 spiro atoms. The zero-order chi connectivity index (χ0) is 7.68. The highest BCUT2D eigenvalue weighted by atomic mass is 15.2. The molecular formula is C8H9N3. The van der Waals surface area contributed by atoms with Gasteiger partial charge < -0.3 is 10.4 Å². The average molecular weight is 147 g/mol. The van der Waals surface area contributed by atoms with E-state index in [-0.39, 0.29) is 0 Å². The van der Waals surface area contributed by atoms with Crippen LogP contribution in [0.1, 0.15) is 0 Å². The van der Waals surface area contributed by atoms with E-state index in [1.807, 2.05) is 30.5 Å². The van der Waals surface area contributed by atoms with E-state index in [1.54, 1.807) is 0 Å². The molecule has 2 aromatic rings. The van der Waals surface area contributed by atoms with Crippen LogP contribution in [-0.4, -0.2) is 4.98 Å². The molecule has 0 bridgehead atoms. The number of nitrogens with two attached hydrogens (primary N) is 1. The molecule has 3 heteroatoms. The van der Waals surface area contributed by atoms with Gasteiger partial charge in [0.1, 0.15) is 0 Å². The SMILES string of the molecule is NNc1ccc2cc[nH]c2c1. The summed E-state index contributed by atoms with van der Waals surface area (Å²) in [4.78, 5) is 3.10. The number of hydrazine groups is 1. The molecule has 3 nitrogen and oxygen atoms in total. The zero-order valence-corrected chi connectivity index (χ0v) is 5.96. The Balaban J connectivity index is 2.67. The summed E-state index contributed by atoms with van der Waals surface area (Å²) in [6, 6.07) is 7.95. The van der Waals surface area contributed by atoms with Crippen molar-refractivity contribution in [2.45, 2.75) is 0 Å². The number of aromatic nitrogens is 1. The molecule has 56 valence electrons. The van der Waals surface area contributed by atoms with E-state index in [0.717, 1.165) is 11.2 Å². The number of aromatic amines is 1. The van der Waals surface area contributed by atoms with Gasteiger partial charge >= 0.3 is 0 Å². The number of hydrogen-bond acceptors (Lipinski definition) is 2. The lowest BCUT2D eigenvalue weighted by Gasteiger charge is -1.97. The van der Waals surface area contributed by atoms with Gasteiger partial charge in [0.25, 0.3) is 0 Å². The van der Waals surface area contributed by atoms with Crippen LogP contribution in [0, 0.1) is 0 Å². The van der Waals surface area contributed by atoms with Gasteiger partial charge in [-0.1, -0.05) is 6.07 Å². The first-order valence-electron chi connectivity index (χ1n) is 3.44. The minimum Gasteiger partial charge on any atom is -0.361 e. The van der Waals surface area contributed by atoms with Crippen LogP contribution >= 0.6 is 0 Å². The molecule has 0 aliphatic rings. The summed E-state index contributed by atoms with van der Waals surface area (Å²) < 4.78 is 0. The lowest BCUT2D eigenvalue weighted by Crippen LogP contribution is -2.05. The highest BCUT2D eigenvalue weighted by Crippen LogP contribution is 2.16. The zero-order valence-electron chi connectivity index (χ0n) is 5.96. The van der Waals surface area contributed by atoms with Crippen molar-refractivity contribution in [2.24, 2.45) is 5.84 Å². The number of rotatable bonds is 1. The Kier molecular flexibility index (Phi) is 1.30. The Hall–Kier alpha value is -1.48. The topological polar surface area (TPSA) is 53.8 Å². The van der Waals surface area contributed by atoms with E-state index in [9.17, 15) is 0 Å². The first-order chi connectivity index (χ1) is 5.40. The summed E-state index contributed by atoms with van der Waals surface area (Å²) in [5.41, 5.74) is 4.60. The smallest absolute Gasteiger partial charge is 0.0506 e. The minimum atomic E-state index is 0.917. The van der Waals surface area contributed by atoms with Crippen molar-refractivity contribution in [3.05, 3.63) is 30.5 Å². The number of hydrogen-bond donors (Lipinski definition) is 3. The molecule has 0 unspecified atom stereocenters. The van der Waals surface area contributed by atoms with E-state index < -0.39 is 0 Å². The minimum absolute atomic E-state index is 0.917. The van der Waals surface area contributed by atoms with Gasteiger partial charge in [-0.15, -0.1) is 0 Å². The fraction of sp³-hybridized carbons (Fsp3) is 0. The van der Waals surface area contributed by atoms with Crippen molar-refractivity contribution in [3.8, 4) is 0 Å². The van der Waals surface area contributed by atoms with Crippen LogP contribution in [0.2, 0.25) is 0 Å². The number of fused-ring (bicyclic) bond motifs is 1. The predicted molar refractivity (Wildman–Crippen MR) is 46.1 cm³/mol. The summed E-state index contributed by atoms with van der Waals surface area (Å²) in [6.07, 6.45) is 1.91. The quantitative estimate of drug-likeness (QED) is 0.422. The normalized spacial score (nSPS) is 10.3. The third-order valence-corrected chi connectivity index (χ3v) is 1.72. The second-order valence-corrected chi connectivity index (χ2v) is 2.42.